The van der Waals surface area contributed by atoms with E-state index < -0.39 is 23.3 Å². The van der Waals surface area contributed by atoms with Gasteiger partial charge in [-0.1, -0.05) is 18.2 Å². The number of para-hydroxylation sites is 1. The van der Waals surface area contributed by atoms with Gasteiger partial charge >= 0.3 is 0 Å². The monoisotopic (exact) mass is 329 g/mol. The van der Waals surface area contributed by atoms with Crippen molar-refractivity contribution in [3.05, 3.63) is 72.3 Å². The highest BCUT2D eigenvalue weighted by Crippen LogP contribution is 2.25. The van der Waals surface area contributed by atoms with Crippen LogP contribution in [-0.4, -0.2) is 22.6 Å². The Hall–Kier alpha value is -3.22. The minimum atomic E-state index is -0.899. The summed E-state index contributed by atoms with van der Waals surface area (Å²) in [5.41, 5.74) is 0.960. The van der Waals surface area contributed by atoms with Crippen LogP contribution in [0, 0.1) is 11.6 Å². The minimum Gasteiger partial charge on any atom is -0.491 e. The standard InChI is InChI=1S/C17H13F2N3O2/c1-24-16-13(18)7-11(8-14(16)19)21-17(23)15-9-20-10-22(15)12-5-3-2-4-6-12/h2-10H,1H3,(H,21,23). The number of carbonyl (C=O) groups is 1. The summed E-state index contributed by atoms with van der Waals surface area (Å²) in [5.74, 6) is -2.84. The molecule has 0 spiro atoms. The molecule has 0 saturated carbocycles. The summed E-state index contributed by atoms with van der Waals surface area (Å²) in [6, 6.07) is 11.1. The van der Waals surface area contributed by atoms with Gasteiger partial charge < -0.3 is 10.1 Å². The molecule has 1 heterocycles. The largest absolute Gasteiger partial charge is 0.491 e. The summed E-state index contributed by atoms with van der Waals surface area (Å²) in [5, 5.41) is 2.45. The second kappa shape index (κ2) is 6.49. The summed E-state index contributed by atoms with van der Waals surface area (Å²) >= 11 is 0. The van der Waals surface area contributed by atoms with Crippen molar-refractivity contribution in [2.75, 3.05) is 12.4 Å². The van der Waals surface area contributed by atoms with Gasteiger partial charge in [0.25, 0.3) is 5.91 Å². The van der Waals surface area contributed by atoms with E-state index in [4.69, 9.17) is 0 Å². The van der Waals surface area contributed by atoms with Crippen LogP contribution in [0.1, 0.15) is 10.5 Å². The van der Waals surface area contributed by atoms with Gasteiger partial charge in [0.15, 0.2) is 17.4 Å². The fourth-order valence-corrected chi connectivity index (χ4v) is 2.28. The van der Waals surface area contributed by atoms with Gasteiger partial charge in [-0.3, -0.25) is 9.36 Å². The van der Waals surface area contributed by atoms with Gasteiger partial charge in [0, 0.05) is 23.5 Å². The average Bonchev–Trinajstić information content (AvgIpc) is 3.05. The number of hydrogen-bond donors (Lipinski definition) is 1. The van der Waals surface area contributed by atoms with Gasteiger partial charge in [0.05, 0.1) is 19.6 Å². The van der Waals surface area contributed by atoms with E-state index in [9.17, 15) is 13.6 Å². The van der Waals surface area contributed by atoms with E-state index in [-0.39, 0.29) is 11.4 Å². The lowest BCUT2D eigenvalue weighted by Gasteiger charge is -2.10. The first kappa shape index (κ1) is 15.7. The number of carbonyl (C=O) groups excluding carboxylic acids is 1. The molecular formula is C17H13F2N3O2. The number of anilines is 1. The lowest BCUT2D eigenvalue weighted by atomic mass is 10.2. The Morgan fingerprint density at radius 2 is 1.83 bits per heavy atom. The second-order valence-electron chi connectivity index (χ2n) is 4.91. The van der Waals surface area contributed by atoms with Crippen molar-refractivity contribution in [1.29, 1.82) is 0 Å². The SMILES string of the molecule is COc1c(F)cc(NC(=O)c2cncn2-c2ccccc2)cc1F. The lowest BCUT2D eigenvalue weighted by Crippen LogP contribution is -2.16. The van der Waals surface area contributed by atoms with E-state index in [0.717, 1.165) is 24.9 Å². The lowest BCUT2D eigenvalue weighted by molar-refractivity contribution is 0.102. The van der Waals surface area contributed by atoms with Crippen molar-refractivity contribution in [1.82, 2.24) is 9.55 Å². The van der Waals surface area contributed by atoms with E-state index in [1.165, 1.54) is 12.5 Å². The number of nitrogens with one attached hydrogen (secondary N) is 1. The number of hydrogen-bond acceptors (Lipinski definition) is 3. The zero-order chi connectivity index (χ0) is 17.1. The van der Waals surface area contributed by atoms with E-state index >= 15 is 0 Å². The van der Waals surface area contributed by atoms with Gasteiger partial charge in [0.1, 0.15) is 5.69 Å². The molecule has 24 heavy (non-hydrogen) atoms. The number of benzene rings is 2. The van der Waals surface area contributed by atoms with Gasteiger partial charge in [-0.05, 0) is 12.1 Å². The van der Waals surface area contributed by atoms with Crippen molar-refractivity contribution in [2.45, 2.75) is 0 Å². The van der Waals surface area contributed by atoms with Crippen LogP contribution in [0.5, 0.6) is 5.75 Å². The Labute approximate surface area is 136 Å². The molecule has 1 amide bonds. The third kappa shape index (κ3) is 2.96. The second-order valence-corrected chi connectivity index (χ2v) is 4.91. The van der Waals surface area contributed by atoms with Crippen molar-refractivity contribution in [2.24, 2.45) is 0 Å². The van der Waals surface area contributed by atoms with Gasteiger partial charge in [0.2, 0.25) is 0 Å². The Balaban J connectivity index is 1.88. The van der Waals surface area contributed by atoms with Crippen LogP contribution in [0.15, 0.2) is 55.0 Å². The third-order valence-corrected chi connectivity index (χ3v) is 3.37. The molecule has 1 aromatic heterocycles. The Kier molecular flexibility index (Phi) is 4.24. The van der Waals surface area contributed by atoms with E-state index in [1.807, 2.05) is 30.3 Å². The van der Waals surface area contributed by atoms with Gasteiger partial charge in [-0.15, -0.1) is 0 Å². The maximum atomic E-state index is 13.7. The molecule has 2 aromatic carbocycles. The van der Waals surface area contributed by atoms with Crippen LogP contribution >= 0.6 is 0 Å². The first-order valence-corrected chi connectivity index (χ1v) is 7.02. The topological polar surface area (TPSA) is 56.1 Å². The number of aromatic nitrogens is 2. The molecule has 122 valence electrons. The summed E-state index contributed by atoms with van der Waals surface area (Å²) in [7, 11) is 1.16. The highest BCUT2D eigenvalue weighted by Gasteiger charge is 2.16. The van der Waals surface area contributed by atoms with E-state index in [1.54, 1.807) is 4.57 Å². The molecule has 0 saturated heterocycles. The molecule has 0 bridgehead atoms. The summed E-state index contributed by atoms with van der Waals surface area (Å²) in [6.07, 6.45) is 2.86. The minimum absolute atomic E-state index is 0.0170. The number of halogens is 2. The molecule has 0 fully saturated rings. The van der Waals surface area contributed by atoms with Gasteiger partial charge in [-0.2, -0.15) is 0 Å². The highest BCUT2D eigenvalue weighted by molar-refractivity contribution is 6.03. The zero-order valence-corrected chi connectivity index (χ0v) is 12.7. The number of amides is 1. The molecule has 5 nitrogen and oxygen atoms in total. The van der Waals surface area contributed by atoms with Crippen molar-refractivity contribution < 1.29 is 18.3 Å². The zero-order valence-electron chi connectivity index (χ0n) is 12.7. The number of ether oxygens (including phenoxy) is 1. The van der Waals surface area contributed by atoms with Crippen LogP contribution in [-0.2, 0) is 0 Å². The molecule has 0 atom stereocenters. The fourth-order valence-electron chi connectivity index (χ4n) is 2.28. The summed E-state index contributed by atoms with van der Waals surface area (Å²) < 4.78 is 33.6. The van der Waals surface area contributed by atoms with Gasteiger partial charge in [-0.25, -0.2) is 13.8 Å². The fraction of sp³-hybridized carbons (Fsp3) is 0.0588. The molecule has 1 N–H and O–H groups in total. The van der Waals surface area contributed by atoms with Crippen molar-refractivity contribution in [3.63, 3.8) is 0 Å². The number of nitrogens with zero attached hydrogens (tertiary/aromatic N) is 2. The Morgan fingerprint density at radius 1 is 1.17 bits per heavy atom. The van der Waals surface area contributed by atoms with Crippen LogP contribution in [0.25, 0.3) is 5.69 Å². The maximum Gasteiger partial charge on any atom is 0.274 e. The molecule has 3 aromatic rings. The first-order valence-electron chi connectivity index (χ1n) is 7.02. The van der Waals surface area contributed by atoms with Crippen LogP contribution in [0.3, 0.4) is 0 Å². The molecule has 0 radical (unpaired) electrons. The molecule has 3 rings (SSSR count). The Morgan fingerprint density at radius 3 is 2.46 bits per heavy atom. The molecule has 7 heteroatoms. The predicted octanol–water partition coefficient (Wildman–Crippen LogP) is 3.41. The van der Waals surface area contributed by atoms with Crippen LogP contribution in [0.2, 0.25) is 0 Å². The normalized spacial score (nSPS) is 10.5. The number of rotatable bonds is 4. The maximum absolute atomic E-state index is 13.7. The van der Waals surface area contributed by atoms with Crippen LogP contribution < -0.4 is 10.1 Å². The van der Waals surface area contributed by atoms with E-state index in [0.29, 0.717) is 0 Å². The number of imidazole rings is 1. The number of methoxy groups -OCH3 is 1. The summed E-state index contributed by atoms with van der Waals surface area (Å²) in [6.45, 7) is 0. The van der Waals surface area contributed by atoms with Crippen molar-refractivity contribution >= 4 is 11.6 Å². The average molecular weight is 329 g/mol. The predicted molar refractivity (Wildman–Crippen MR) is 84.4 cm³/mol. The smallest absolute Gasteiger partial charge is 0.274 e. The molecule has 0 unspecified atom stereocenters. The van der Waals surface area contributed by atoms with Crippen molar-refractivity contribution in [3.8, 4) is 11.4 Å². The first-order chi connectivity index (χ1) is 11.6. The quantitative estimate of drug-likeness (QED) is 0.798. The molecule has 0 aliphatic rings. The molecule has 0 aliphatic heterocycles. The highest BCUT2D eigenvalue weighted by atomic mass is 19.1. The van der Waals surface area contributed by atoms with E-state index in [2.05, 4.69) is 15.0 Å². The molecular weight excluding hydrogens is 316 g/mol. The third-order valence-electron chi connectivity index (χ3n) is 3.37. The van der Waals surface area contributed by atoms with Crippen LogP contribution in [0.4, 0.5) is 14.5 Å². The molecule has 0 aliphatic carbocycles. The Bertz CT molecular complexity index is 856. The summed E-state index contributed by atoms with van der Waals surface area (Å²) in [4.78, 5) is 16.4.